The Balaban J connectivity index is 1.92. The van der Waals surface area contributed by atoms with Crippen LogP contribution in [0.4, 0.5) is 13.2 Å². The summed E-state index contributed by atoms with van der Waals surface area (Å²) in [4.78, 5) is 0. The van der Waals surface area contributed by atoms with Crippen molar-refractivity contribution in [2.75, 3.05) is 19.8 Å². The molecule has 26 heavy (non-hydrogen) atoms. The van der Waals surface area contributed by atoms with Crippen molar-refractivity contribution in [2.45, 2.75) is 77.4 Å². The second kappa shape index (κ2) is 14.0. The molecule has 0 heterocycles. The van der Waals surface area contributed by atoms with Crippen LogP contribution in [0.15, 0.2) is 24.3 Å². The number of ether oxygens (including phenoxy) is 1. The molecule has 0 aliphatic heterocycles. The molecule has 0 spiro atoms. The highest BCUT2D eigenvalue weighted by atomic mass is 19.4. The Kier molecular flexibility index (Phi) is 12.4. The molecule has 0 aliphatic rings. The Morgan fingerprint density at radius 1 is 0.885 bits per heavy atom. The number of unbranched alkanes of at least 4 members (excludes halogenated alkanes) is 8. The maximum atomic E-state index is 12.6. The molecule has 0 fully saturated rings. The highest BCUT2D eigenvalue weighted by Crippen LogP contribution is 2.29. The Hall–Kier alpha value is -1.07. The third-order valence-corrected chi connectivity index (χ3v) is 4.40. The van der Waals surface area contributed by atoms with Gasteiger partial charge in [-0.15, -0.1) is 0 Å². The predicted octanol–water partition coefficient (Wildman–Crippen LogP) is 6.34. The van der Waals surface area contributed by atoms with Crippen LogP contribution in [0.25, 0.3) is 0 Å². The quantitative estimate of drug-likeness (QED) is 0.362. The Morgan fingerprint density at radius 3 is 2.19 bits per heavy atom. The first-order valence-corrected chi connectivity index (χ1v) is 9.98. The summed E-state index contributed by atoms with van der Waals surface area (Å²) in [7, 11) is 0. The fraction of sp³-hybridized carbons (Fsp3) is 0.714. The van der Waals surface area contributed by atoms with Crippen LogP contribution in [0.2, 0.25) is 0 Å². The van der Waals surface area contributed by atoms with Crippen LogP contribution in [0.3, 0.4) is 0 Å². The standard InChI is InChI=1S/C21H34F3NO/c1-2-3-4-5-6-7-8-9-10-15-26-16-14-25-18-19-12-11-13-20(17-19)21(22,23)24/h11-13,17,25H,2-10,14-16,18H2,1H3. The summed E-state index contributed by atoms with van der Waals surface area (Å²) in [6.07, 6.45) is 7.35. The molecule has 0 atom stereocenters. The van der Waals surface area contributed by atoms with E-state index in [1.807, 2.05) is 0 Å². The van der Waals surface area contributed by atoms with E-state index >= 15 is 0 Å². The minimum absolute atomic E-state index is 0.422. The van der Waals surface area contributed by atoms with Crippen molar-refractivity contribution < 1.29 is 17.9 Å². The lowest BCUT2D eigenvalue weighted by molar-refractivity contribution is -0.137. The zero-order valence-corrected chi connectivity index (χ0v) is 16.0. The maximum Gasteiger partial charge on any atom is 0.416 e. The van der Waals surface area contributed by atoms with E-state index in [2.05, 4.69) is 12.2 Å². The van der Waals surface area contributed by atoms with Gasteiger partial charge < -0.3 is 10.1 Å². The molecule has 0 saturated heterocycles. The van der Waals surface area contributed by atoms with Gasteiger partial charge in [0.05, 0.1) is 12.2 Å². The van der Waals surface area contributed by atoms with E-state index in [0.29, 0.717) is 25.3 Å². The largest absolute Gasteiger partial charge is 0.416 e. The lowest BCUT2D eigenvalue weighted by Crippen LogP contribution is -2.19. The second-order valence-corrected chi connectivity index (χ2v) is 6.82. The fourth-order valence-electron chi connectivity index (χ4n) is 2.85. The molecular formula is C21H34F3NO. The number of nitrogens with one attached hydrogen (secondary N) is 1. The monoisotopic (exact) mass is 373 g/mol. The van der Waals surface area contributed by atoms with E-state index in [1.165, 1.54) is 63.5 Å². The molecule has 0 bridgehead atoms. The van der Waals surface area contributed by atoms with E-state index in [0.717, 1.165) is 19.1 Å². The van der Waals surface area contributed by atoms with Gasteiger partial charge in [-0.1, -0.05) is 76.5 Å². The topological polar surface area (TPSA) is 21.3 Å². The predicted molar refractivity (Wildman–Crippen MR) is 101 cm³/mol. The third-order valence-electron chi connectivity index (χ3n) is 4.40. The number of rotatable bonds is 15. The molecule has 2 nitrogen and oxygen atoms in total. The molecule has 0 amide bonds. The fourth-order valence-corrected chi connectivity index (χ4v) is 2.85. The van der Waals surface area contributed by atoms with Gasteiger partial charge in [0.15, 0.2) is 0 Å². The van der Waals surface area contributed by atoms with Gasteiger partial charge in [0.1, 0.15) is 0 Å². The van der Waals surface area contributed by atoms with Crippen LogP contribution in [-0.4, -0.2) is 19.8 Å². The maximum absolute atomic E-state index is 12.6. The van der Waals surface area contributed by atoms with Crippen LogP contribution >= 0.6 is 0 Å². The second-order valence-electron chi connectivity index (χ2n) is 6.82. The van der Waals surface area contributed by atoms with Gasteiger partial charge in [-0.25, -0.2) is 0 Å². The minimum Gasteiger partial charge on any atom is -0.380 e. The van der Waals surface area contributed by atoms with Gasteiger partial charge in [-0.05, 0) is 18.1 Å². The van der Waals surface area contributed by atoms with Gasteiger partial charge >= 0.3 is 6.18 Å². The number of hydrogen-bond donors (Lipinski definition) is 1. The molecule has 0 aromatic heterocycles. The van der Waals surface area contributed by atoms with Crippen molar-refractivity contribution >= 4 is 0 Å². The first-order valence-electron chi connectivity index (χ1n) is 9.98. The van der Waals surface area contributed by atoms with Crippen molar-refractivity contribution in [1.82, 2.24) is 5.32 Å². The van der Waals surface area contributed by atoms with E-state index in [1.54, 1.807) is 6.07 Å². The molecular weight excluding hydrogens is 339 g/mol. The minimum atomic E-state index is -4.28. The number of benzene rings is 1. The van der Waals surface area contributed by atoms with Crippen LogP contribution in [0.5, 0.6) is 0 Å². The Labute approximate surface area is 156 Å². The summed E-state index contributed by atoms with van der Waals surface area (Å²) in [5, 5.41) is 3.12. The first-order chi connectivity index (χ1) is 12.5. The molecule has 150 valence electrons. The average molecular weight is 374 g/mol. The summed E-state index contributed by atoms with van der Waals surface area (Å²) in [5.41, 5.74) is 0.0391. The molecule has 1 rings (SSSR count). The zero-order valence-electron chi connectivity index (χ0n) is 16.0. The van der Waals surface area contributed by atoms with Gasteiger partial charge in [0, 0.05) is 19.7 Å². The number of halogens is 3. The molecule has 1 aromatic carbocycles. The summed E-state index contributed by atoms with van der Waals surface area (Å²) in [6, 6.07) is 5.43. The van der Waals surface area contributed by atoms with Gasteiger partial charge in [-0.3, -0.25) is 0 Å². The van der Waals surface area contributed by atoms with Gasteiger partial charge in [-0.2, -0.15) is 13.2 Å². The van der Waals surface area contributed by atoms with Crippen LogP contribution < -0.4 is 5.32 Å². The van der Waals surface area contributed by atoms with Gasteiger partial charge in [0.25, 0.3) is 0 Å². The zero-order chi connectivity index (χ0) is 19.1. The Morgan fingerprint density at radius 2 is 1.54 bits per heavy atom. The van der Waals surface area contributed by atoms with Crippen LogP contribution in [0, 0.1) is 0 Å². The van der Waals surface area contributed by atoms with Crippen molar-refractivity contribution in [3.05, 3.63) is 35.4 Å². The van der Waals surface area contributed by atoms with E-state index in [-0.39, 0.29) is 0 Å². The number of hydrogen-bond acceptors (Lipinski definition) is 2. The smallest absolute Gasteiger partial charge is 0.380 e. The summed E-state index contributed by atoms with van der Waals surface area (Å²) < 4.78 is 43.5. The molecule has 5 heteroatoms. The van der Waals surface area contributed by atoms with Gasteiger partial charge in [0.2, 0.25) is 0 Å². The highest BCUT2D eigenvalue weighted by Gasteiger charge is 2.30. The molecule has 1 N–H and O–H groups in total. The van der Waals surface area contributed by atoms with E-state index in [4.69, 9.17) is 4.74 Å². The lowest BCUT2D eigenvalue weighted by Gasteiger charge is -2.10. The Bertz CT molecular complexity index is 463. The normalized spacial score (nSPS) is 11.8. The lowest BCUT2D eigenvalue weighted by atomic mass is 10.1. The van der Waals surface area contributed by atoms with Crippen LogP contribution in [0.1, 0.15) is 75.8 Å². The van der Waals surface area contributed by atoms with Crippen LogP contribution in [-0.2, 0) is 17.5 Å². The molecule has 0 unspecified atom stereocenters. The van der Waals surface area contributed by atoms with E-state index < -0.39 is 11.7 Å². The van der Waals surface area contributed by atoms with Crippen molar-refractivity contribution in [1.29, 1.82) is 0 Å². The average Bonchev–Trinajstić information content (AvgIpc) is 2.61. The van der Waals surface area contributed by atoms with Crippen molar-refractivity contribution in [3.8, 4) is 0 Å². The third kappa shape index (κ3) is 11.5. The van der Waals surface area contributed by atoms with Crippen molar-refractivity contribution in [3.63, 3.8) is 0 Å². The van der Waals surface area contributed by atoms with E-state index in [9.17, 15) is 13.2 Å². The SMILES string of the molecule is CCCCCCCCCCCOCCNCc1cccc(C(F)(F)F)c1. The number of alkyl halides is 3. The first kappa shape index (κ1) is 23.0. The molecule has 0 radical (unpaired) electrons. The molecule has 1 aromatic rings. The summed E-state index contributed by atoms with van der Waals surface area (Å²) >= 11 is 0. The molecule has 0 aliphatic carbocycles. The highest BCUT2D eigenvalue weighted by molar-refractivity contribution is 5.25. The molecule has 0 saturated carbocycles. The summed E-state index contributed by atoms with van der Waals surface area (Å²) in [5.74, 6) is 0. The summed E-state index contributed by atoms with van der Waals surface area (Å²) in [6.45, 7) is 4.66. The van der Waals surface area contributed by atoms with Crippen molar-refractivity contribution in [2.24, 2.45) is 0 Å².